The summed E-state index contributed by atoms with van der Waals surface area (Å²) in [6.07, 6.45) is -4.59. The lowest BCUT2D eigenvalue weighted by atomic mass is 10.1. The van der Waals surface area contributed by atoms with Gasteiger partial charge in [0.05, 0.1) is 22.8 Å². The zero-order chi connectivity index (χ0) is 22.6. The van der Waals surface area contributed by atoms with Crippen molar-refractivity contribution in [3.8, 4) is 11.5 Å². The molecule has 4 nitrogen and oxygen atoms in total. The van der Waals surface area contributed by atoms with Crippen LogP contribution in [0.4, 0.5) is 18.9 Å². The van der Waals surface area contributed by atoms with Crippen LogP contribution in [0.15, 0.2) is 65.1 Å². The highest BCUT2D eigenvalue weighted by Crippen LogP contribution is 2.38. The number of anilines is 1. The molecule has 3 rings (SSSR count). The fourth-order valence-electron chi connectivity index (χ4n) is 2.86. The maximum Gasteiger partial charge on any atom is 0.418 e. The van der Waals surface area contributed by atoms with E-state index in [2.05, 4.69) is 21.2 Å². The minimum absolute atomic E-state index is 0.114. The molecule has 0 aliphatic heterocycles. The maximum absolute atomic E-state index is 13.2. The molecule has 8 heteroatoms. The Morgan fingerprint density at radius 2 is 1.74 bits per heavy atom. The number of halogens is 4. The number of hydrogen-bond acceptors (Lipinski definition) is 3. The van der Waals surface area contributed by atoms with E-state index >= 15 is 0 Å². The molecule has 31 heavy (non-hydrogen) atoms. The number of rotatable bonds is 6. The summed E-state index contributed by atoms with van der Waals surface area (Å²) in [6, 6.07) is 15.5. The van der Waals surface area contributed by atoms with Gasteiger partial charge in [0.15, 0.2) is 11.5 Å². The van der Waals surface area contributed by atoms with Crippen molar-refractivity contribution >= 4 is 27.5 Å². The van der Waals surface area contributed by atoms with Crippen molar-refractivity contribution in [1.82, 2.24) is 0 Å². The Morgan fingerprint density at radius 3 is 2.39 bits per heavy atom. The third-order valence-electron chi connectivity index (χ3n) is 4.48. The number of amides is 1. The van der Waals surface area contributed by atoms with Gasteiger partial charge in [-0.05, 0) is 52.7 Å². The minimum atomic E-state index is -4.59. The van der Waals surface area contributed by atoms with E-state index in [-0.39, 0.29) is 23.6 Å². The van der Waals surface area contributed by atoms with Crippen LogP contribution in [0.25, 0.3) is 0 Å². The van der Waals surface area contributed by atoms with Crippen LogP contribution in [0.5, 0.6) is 11.5 Å². The summed E-state index contributed by atoms with van der Waals surface area (Å²) in [6.45, 7) is 2.26. The first-order chi connectivity index (χ1) is 14.7. The summed E-state index contributed by atoms with van der Waals surface area (Å²) in [5.74, 6) is -0.0492. The third kappa shape index (κ3) is 5.58. The third-order valence-corrected chi connectivity index (χ3v) is 5.07. The molecule has 0 unspecified atom stereocenters. The normalized spacial score (nSPS) is 11.2. The highest BCUT2D eigenvalue weighted by molar-refractivity contribution is 9.10. The summed E-state index contributed by atoms with van der Waals surface area (Å²) in [7, 11) is 1.42. The second kappa shape index (κ2) is 9.43. The van der Waals surface area contributed by atoms with Crippen LogP contribution < -0.4 is 14.8 Å². The van der Waals surface area contributed by atoms with Crippen LogP contribution in [-0.2, 0) is 12.8 Å². The van der Waals surface area contributed by atoms with E-state index in [4.69, 9.17) is 9.47 Å². The maximum atomic E-state index is 13.2. The first-order valence-electron chi connectivity index (χ1n) is 9.22. The van der Waals surface area contributed by atoms with Crippen LogP contribution in [0.1, 0.15) is 27.0 Å². The number of para-hydroxylation sites is 1. The van der Waals surface area contributed by atoms with E-state index in [1.54, 1.807) is 0 Å². The smallest absolute Gasteiger partial charge is 0.418 e. The van der Waals surface area contributed by atoms with E-state index in [0.717, 1.165) is 17.2 Å². The second-order valence-corrected chi connectivity index (χ2v) is 7.62. The molecule has 3 aromatic rings. The summed E-state index contributed by atoms with van der Waals surface area (Å²) in [4.78, 5) is 12.6. The molecule has 0 radical (unpaired) electrons. The molecular weight excluding hydrogens is 475 g/mol. The van der Waals surface area contributed by atoms with Gasteiger partial charge in [0.1, 0.15) is 6.61 Å². The van der Waals surface area contributed by atoms with Crippen LogP contribution in [-0.4, -0.2) is 13.0 Å². The first kappa shape index (κ1) is 22.7. The van der Waals surface area contributed by atoms with E-state index in [9.17, 15) is 18.0 Å². The Bertz CT molecular complexity index is 1080. The zero-order valence-electron chi connectivity index (χ0n) is 16.7. The van der Waals surface area contributed by atoms with Crippen molar-refractivity contribution in [1.29, 1.82) is 0 Å². The van der Waals surface area contributed by atoms with Gasteiger partial charge in [0, 0.05) is 5.56 Å². The number of benzene rings is 3. The van der Waals surface area contributed by atoms with Gasteiger partial charge >= 0.3 is 6.18 Å². The van der Waals surface area contributed by atoms with Gasteiger partial charge in [-0.15, -0.1) is 0 Å². The molecule has 0 aromatic heterocycles. The molecule has 162 valence electrons. The topological polar surface area (TPSA) is 47.6 Å². The van der Waals surface area contributed by atoms with Gasteiger partial charge < -0.3 is 14.8 Å². The Balaban J connectivity index is 1.82. The summed E-state index contributed by atoms with van der Waals surface area (Å²) in [5.41, 5.74) is 0.945. The van der Waals surface area contributed by atoms with Crippen molar-refractivity contribution in [2.24, 2.45) is 0 Å². The molecule has 0 atom stereocenters. The number of carbonyl (C=O) groups is 1. The number of nitrogens with one attached hydrogen (secondary N) is 1. The molecule has 1 amide bonds. The molecule has 1 N–H and O–H groups in total. The number of methoxy groups -OCH3 is 1. The van der Waals surface area contributed by atoms with Gasteiger partial charge in [-0.25, -0.2) is 0 Å². The number of alkyl halides is 3. The average molecular weight is 494 g/mol. The van der Waals surface area contributed by atoms with Crippen molar-refractivity contribution in [3.05, 3.63) is 87.4 Å². The fraction of sp³-hybridized carbons (Fsp3) is 0.174. The summed E-state index contributed by atoms with van der Waals surface area (Å²) in [5, 5.41) is 2.32. The van der Waals surface area contributed by atoms with Crippen LogP contribution in [0.3, 0.4) is 0 Å². The monoisotopic (exact) mass is 493 g/mol. The quantitative estimate of drug-likeness (QED) is 0.419. The minimum Gasteiger partial charge on any atom is -0.493 e. The Morgan fingerprint density at radius 1 is 1.06 bits per heavy atom. The highest BCUT2D eigenvalue weighted by Gasteiger charge is 2.33. The van der Waals surface area contributed by atoms with Gasteiger partial charge in [0.2, 0.25) is 0 Å². The molecule has 0 saturated heterocycles. The number of carbonyl (C=O) groups excluding carboxylic acids is 1. The lowest BCUT2D eigenvalue weighted by Gasteiger charge is -2.16. The number of hydrogen-bond donors (Lipinski definition) is 1. The van der Waals surface area contributed by atoms with Gasteiger partial charge in [-0.3, -0.25) is 4.79 Å². The zero-order valence-corrected chi connectivity index (χ0v) is 18.3. The number of ether oxygens (including phenoxy) is 2. The van der Waals surface area contributed by atoms with E-state index < -0.39 is 17.6 Å². The molecule has 0 saturated carbocycles. The van der Waals surface area contributed by atoms with Crippen LogP contribution >= 0.6 is 15.9 Å². The van der Waals surface area contributed by atoms with Gasteiger partial charge in [-0.1, -0.05) is 42.0 Å². The molecule has 0 aliphatic carbocycles. The molecule has 3 aromatic carbocycles. The van der Waals surface area contributed by atoms with Gasteiger partial charge in [-0.2, -0.15) is 13.2 Å². The lowest BCUT2D eigenvalue weighted by molar-refractivity contribution is -0.136. The van der Waals surface area contributed by atoms with E-state index in [1.807, 2.05) is 31.2 Å². The molecule has 0 aliphatic rings. The Hall–Kier alpha value is -3.00. The molecule has 0 bridgehead atoms. The highest BCUT2D eigenvalue weighted by atomic mass is 79.9. The van der Waals surface area contributed by atoms with Crippen LogP contribution in [0.2, 0.25) is 0 Å². The van der Waals surface area contributed by atoms with Crippen molar-refractivity contribution < 1.29 is 27.4 Å². The second-order valence-electron chi connectivity index (χ2n) is 6.76. The molecule has 0 fully saturated rings. The van der Waals surface area contributed by atoms with E-state index in [0.29, 0.717) is 10.2 Å². The lowest BCUT2D eigenvalue weighted by Crippen LogP contribution is -2.17. The van der Waals surface area contributed by atoms with Gasteiger partial charge in [0.25, 0.3) is 5.91 Å². The van der Waals surface area contributed by atoms with Crippen molar-refractivity contribution in [2.45, 2.75) is 19.7 Å². The Labute approximate surface area is 186 Å². The van der Waals surface area contributed by atoms with Crippen molar-refractivity contribution in [2.75, 3.05) is 12.4 Å². The Kier molecular flexibility index (Phi) is 6.90. The molecule has 0 heterocycles. The summed E-state index contributed by atoms with van der Waals surface area (Å²) >= 11 is 3.36. The SMILES string of the molecule is COc1cc(C(=O)Nc2ccccc2C(F)(F)F)cc(Br)c1OCc1ccc(C)cc1. The number of aryl methyl sites for hydroxylation is 1. The average Bonchev–Trinajstić information content (AvgIpc) is 2.73. The van der Waals surface area contributed by atoms with Crippen LogP contribution in [0, 0.1) is 6.92 Å². The standard InChI is InChI=1S/C23H19BrF3NO3/c1-14-7-9-15(10-8-14)13-31-21-18(24)11-16(12-20(21)30-2)22(29)28-19-6-4-3-5-17(19)23(25,26)27/h3-12H,13H2,1-2H3,(H,28,29). The largest absolute Gasteiger partial charge is 0.493 e. The van der Waals surface area contributed by atoms with E-state index in [1.165, 1.54) is 37.4 Å². The predicted octanol–water partition coefficient (Wildman–Crippen LogP) is 6.62. The summed E-state index contributed by atoms with van der Waals surface area (Å²) < 4.78 is 51.2. The van der Waals surface area contributed by atoms with Crippen molar-refractivity contribution in [3.63, 3.8) is 0 Å². The fourth-order valence-corrected chi connectivity index (χ4v) is 3.42. The molecular formula is C23H19BrF3NO3. The predicted molar refractivity (Wildman–Crippen MR) is 116 cm³/mol. The molecule has 0 spiro atoms. The first-order valence-corrected chi connectivity index (χ1v) is 10.0.